The van der Waals surface area contributed by atoms with Crippen molar-refractivity contribution in [2.24, 2.45) is 0 Å². The average Bonchev–Trinajstić information content (AvgIpc) is 2.54. The molecule has 2 rings (SSSR count). The zero-order valence-electron chi connectivity index (χ0n) is 12.4. The topological polar surface area (TPSA) is 127 Å². The Hall–Kier alpha value is -2.29. The monoisotopic (exact) mass is 402 g/mol. The van der Waals surface area contributed by atoms with Gasteiger partial charge in [0.15, 0.2) is 10.9 Å². The van der Waals surface area contributed by atoms with Crippen molar-refractivity contribution in [2.75, 3.05) is 6.26 Å². The molecule has 0 aliphatic rings. The highest BCUT2D eigenvalue weighted by Gasteiger charge is 2.39. The normalized spacial score (nSPS) is 12.4. The molecule has 2 aromatic rings. The van der Waals surface area contributed by atoms with E-state index in [9.17, 15) is 28.2 Å². The predicted octanol–water partition coefficient (Wildman–Crippen LogP) is 2.94. The molecule has 0 aliphatic heterocycles. The van der Waals surface area contributed by atoms with Gasteiger partial charge >= 0.3 is 5.69 Å². The number of hydrogen-bond donors (Lipinski definition) is 0. The summed E-state index contributed by atoms with van der Waals surface area (Å²) in [6, 6.07) is 5.83. The van der Waals surface area contributed by atoms with Crippen LogP contribution in [0.25, 0.3) is 0 Å². The van der Waals surface area contributed by atoms with E-state index in [0.29, 0.717) is 0 Å². The Morgan fingerprint density at radius 1 is 1.40 bits per heavy atom. The van der Waals surface area contributed by atoms with E-state index in [1.165, 1.54) is 24.5 Å². The molecular weight excluding hydrogens is 395 g/mol. The van der Waals surface area contributed by atoms with Crippen molar-refractivity contribution >= 4 is 38.9 Å². The lowest BCUT2D eigenvalue weighted by atomic mass is 10.3. The van der Waals surface area contributed by atoms with Gasteiger partial charge in [0.05, 0.1) is 11.0 Å². The lowest BCUT2D eigenvalue weighted by molar-refractivity contribution is -0.386. The van der Waals surface area contributed by atoms with Crippen molar-refractivity contribution in [3.63, 3.8) is 0 Å². The summed E-state index contributed by atoms with van der Waals surface area (Å²) in [5.41, 5.74) is -1.62. The number of thioether (sulfide) groups is 1. The van der Waals surface area contributed by atoms with E-state index in [4.69, 9.17) is 11.6 Å². The first kappa shape index (κ1) is 19.0. The zero-order valence-corrected chi connectivity index (χ0v) is 14.8. The molecule has 0 saturated carbocycles. The number of halogens is 2. The largest absolute Gasteiger partial charge is 0.330 e. The van der Waals surface area contributed by atoms with Crippen LogP contribution in [0.3, 0.4) is 0 Å². The summed E-state index contributed by atoms with van der Waals surface area (Å²) in [5, 5.41) is 17.8. The van der Waals surface area contributed by atoms with Crippen LogP contribution in [0.2, 0.25) is 5.15 Å². The van der Waals surface area contributed by atoms with Gasteiger partial charge in [-0.1, -0.05) is 35.5 Å². The average molecular weight is 403 g/mol. The number of rotatable bonds is 5. The molecule has 0 spiro atoms. The third-order valence-corrected chi connectivity index (χ3v) is 5.74. The fraction of sp³-hybridized carbons (Fsp3) is 0.154. The zero-order chi connectivity index (χ0) is 18.8. The maximum absolute atomic E-state index is 13.9. The number of nitriles is 1. The summed E-state index contributed by atoms with van der Waals surface area (Å²) in [4.78, 5) is 16.9. The van der Waals surface area contributed by atoms with Crippen molar-refractivity contribution in [1.82, 2.24) is 9.97 Å². The predicted molar refractivity (Wildman–Crippen MR) is 87.4 cm³/mol. The second-order valence-corrected chi connectivity index (χ2v) is 7.61. The van der Waals surface area contributed by atoms with Crippen LogP contribution in [0, 0.1) is 27.3 Å². The Labute approximate surface area is 150 Å². The molecule has 1 heterocycles. The Morgan fingerprint density at radius 3 is 2.56 bits per heavy atom. The summed E-state index contributed by atoms with van der Waals surface area (Å²) in [7, 11) is -4.63. The first-order valence-corrected chi connectivity index (χ1v) is 9.52. The molecule has 25 heavy (non-hydrogen) atoms. The molecule has 1 unspecified atom stereocenters. The molecule has 130 valence electrons. The third kappa shape index (κ3) is 3.55. The van der Waals surface area contributed by atoms with E-state index in [0.717, 1.165) is 23.9 Å². The van der Waals surface area contributed by atoms with Crippen LogP contribution in [0.5, 0.6) is 0 Å². The highest BCUT2D eigenvalue weighted by atomic mass is 35.5. The number of sulfone groups is 1. The third-order valence-electron chi connectivity index (χ3n) is 3.03. The van der Waals surface area contributed by atoms with Gasteiger partial charge < -0.3 is 0 Å². The van der Waals surface area contributed by atoms with E-state index < -0.39 is 47.3 Å². The minimum atomic E-state index is -4.63. The molecular formula is C13H8ClFN4O4S2. The van der Waals surface area contributed by atoms with Crippen molar-refractivity contribution in [3.05, 3.63) is 51.0 Å². The maximum Gasteiger partial charge on any atom is 0.330 e. The lowest BCUT2D eigenvalue weighted by Gasteiger charge is -2.12. The van der Waals surface area contributed by atoms with Crippen LogP contribution in [0.1, 0.15) is 10.9 Å². The molecule has 8 nitrogen and oxygen atoms in total. The minimum Gasteiger partial charge on any atom is -0.258 e. The molecule has 0 fully saturated rings. The summed E-state index contributed by atoms with van der Waals surface area (Å²) in [5.74, 6) is -1.09. The van der Waals surface area contributed by atoms with Crippen molar-refractivity contribution in [2.45, 2.75) is 15.3 Å². The van der Waals surface area contributed by atoms with Crippen molar-refractivity contribution < 1.29 is 17.7 Å². The fourth-order valence-electron chi connectivity index (χ4n) is 1.95. The van der Waals surface area contributed by atoms with Gasteiger partial charge in [0.1, 0.15) is 10.7 Å². The number of benzene rings is 1. The van der Waals surface area contributed by atoms with Crippen LogP contribution in [-0.4, -0.2) is 29.6 Å². The molecule has 1 aromatic heterocycles. The number of hydrogen-bond acceptors (Lipinski definition) is 8. The smallest absolute Gasteiger partial charge is 0.258 e. The molecule has 12 heteroatoms. The Balaban J connectivity index is 2.78. The summed E-state index contributed by atoms with van der Waals surface area (Å²) in [6.45, 7) is 0. The maximum atomic E-state index is 13.9. The molecule has 0 saturated heterocycles. The van der Waals surface area contributed by atoms with E-state index in [1.807, 2.05) is 0 Å². The van der Waals surface area contributed by atoms with E-state index in [2.05, 4.69) is 9.97 Å². The van der Waals surface area contributed by atoms with E-state index >= 15 is 0 Å². The first-order chi connectivity index (χ1) is 11.7. The molecule has 0 bridgehead atoms. The SMILES string of the molecule is CSc1nc(Cl)c([N+](=O)[O-])c(C(C#N)S(=O)(=O)c2ccccc2F)n1. The van der Waals surface area contributed by atoms with E-state index in [-0.39, 0.29) is 5.16 Å². The Bertz CT molecular complexity index is 994. The summed E-state index contributed by atoms with van der Waals surface area (Å²) >= 11 is 6.70. The molecule has 0 amide bonds. The van der Waals surface area contributed by atoms with Gasteiger partial charge in [-0.05, 0) is 18.4 Å². The second kappa shape index (κ2) is 7.30. The molecule has 0 radical (unpaired) electrons. The van der Waals surface area contributed by atoms with Gasteiger partial charge in [-0.2, -0.15) is 5.26 Å². The van der Waals surface area contributed by atoms with Gasteiger partial charge in [0, 0.05) is 0 Å². The van der Waals surface area contributed by atoms with Crippen molar-refractivity contribution in [3.8, 4) is 6.07 Å². The highest BCUT2D eigenvalue weighted by molar-refractivity contribution is 7.98. The first-order valence-electron chi connectivity index (χ1n) is 6.37. The van der Waals surface area contributed by atoms with Crippen LogP contribution in [0.4, 0.5) is 10.1 Å². The molecule has 1 aromatic carbocycles. The second-order valence-electron chi connectivity index (χ2n) is 4.48. The minimum absolute atomic E-state index is 0.0606. The highest BCUT2D eigenvalue weighted by Crippen LogP contribution is 2.37. The summed E-state index contributed by atoms with van der Waals surface area (Å²) < 4.78 is 39.2. The number of nitro groups is 1. The molecule has 0 aliphatic carbocycles. The van der Waals surface area contributed by atoms with Gasteiger partial charge in [0.25, 0.3) is 0 Å². The summed E-state index contributed by atoms with van der Waals surface area (Å²) in [6.07, 6.45) is 1.54. The van der Waals surface area contributed by atoms with Crippen LogP contribution >= 0.6 is 23.4 Å². The lowest BCUT2D eigenvalue weighted by Crippen LogP contribution is -2.17. The Kier molecular flexibility index (Phi) is 5.56. The Morgan fingerprint density at radius 2 is 2.04 bits per heavy atom. The van der Waals surface area contributed by atoms with Crippen molar-refractivity contribution in [1.29, 1.82) is 5.26 Å². The standard InChI is InChI=1S/C13H8ClFN4O4S2/c1-24-13-17-10(11(19(20)21)12(14)18-13)9(6-16)25(22,23)8-5-3-2-4-7(8)15/h2-5,9H,1H3. The van der Waals surface area contributed by atoms with Crippen LogP contribution in [-0.2, 0) is 9.84 Å². The van der Waals surface area contributed by atoms with Gasteiger partial charge in [-0.3, -0.25) is 10.1 Å². The van der Waals surface area contributed by atoms with E-state index in [1.54, 1.807) is 0 Å². The van der Waals surface area contributed by atoms with Crippen LogP contribution in [0.15, 0.2) is 34.3 Å². The van der Waals surface area contributed by atoms with Gasteiger partial charge in [-0.15, -0.1) is 0 Å². The number of aromatic nitrogens is 2. The van der Waals surface area contributed by atoms with Gasteiger partial charge in [0.2, 0.25) is 20.2 Å². The number of nitrogens with zero attached hydrogens (tertiary/aromatic N) is 4. The fourth-order valence-corrected chi connectivity index (χ4v) is 4.07. The van der Waals surface area contributed by atoms with Crippen LogP contribution < -0.4 is 0 Å². The molecule has 1 atom stereocenters. The van der Waals surface area contributed by atoms with Gasteiger partial charge in [-0.25, -0.2) is 22.8 Å². The quantitative estimate of drug-likeness (QED) is 0.245. The molecule has 0 N–H and O–H groups in total.